The Morgan fingerprint density at radius 2 is 0.609 bits per heavy atom. The van der Waals surface area contributed by atoms with Crippen molar-refractivity contribution in [2.45, 2.75) is 0 Å². The fourth-order valence-corrected chi connectivity index (χ4v) is 5.68. The van der Waals surface area contributed by atoms with Crippen LogP contribution < -0.4 is 14.7 Å². The maximum absolute atomic E-state index is 14.7. The lowest BCUT2D eigenvalue weighted by molar-refractivity contribution is 0.584. The van der Waals surface area contributed by atoms with Crippen molar-refractivity contribution in [1.82, 2.24) is 4.98 Å². The van der Waals surface area contributed by atoms with Gasteiger partial charge < -0.3 is 9.80 Å². The van der Waals surface area contributed by atoms with Crippen LogP contribution in [0.15, 0.2) is 188 Å². The van der Waals surface area contributed by atoms with E-state index >= 15 is 0 Å². The number of aromatic nitrogens is 1. The zero-order chi connectivity index (χ0) is 31.1. The van der Waals surface area contributed by atoms with Crippen molar-refractivity contribution in [2.24, 2.45) is 0 Å². The van der Waals surface area contributed by atoms with Gasteiger partial charge in [0.15, 0.2) is 0 Å². The second kappa shape index (κ2) is 13.2. The van der Waals surface area contributed by atoms with Gasteiger partial charge in [0.1, 0.15) is 5.82 Å². The number of anilines is 9. The Morgan fingerprint density at radius 1 is 0.304 bits per heavy atom. The molecule has 0 spiro atoms. The summed E-state index contributed by atoms with van der Waals surface area (Å²) >= 11 is 0. The maximum Gasteiger partial charge on any atom is 0.214 e. The van der Waals surface area contributed by atoms with Crippen LogP contribution in [0.5, 0.6) is 0 Å². The first kappa shape index (κ1) is 28.6. The Hall–Kier alpha value is -6.20. The summed E-state index contributed by atoms with van der Waals surface area (Å²) in [7, 11) is 0. The van der Waals surface area contributed by atoms with Gasteiger partial charge in [-0.15, -0.1) is 0 Å². The molecule has 0 amide bonds. The minimum absolute atomic E-state index is 0.478. The van der Waals surface area contributed by atoms with Gasteiger partial charge in [0.25, 0.3) is 0 Å². The van der Waals surface area contributed by atoms with Gasteiger partial charge in [-0.25, -0.2) is 4.98 Å². The normalized spacial score (nSPS) is 10.7. The number of hydrogen-bond donors (Lipinski definition) is 0. The van der Waals surface area contributed by atoms with Gasteiger partial charge in [0, 0.05) is 28.4 Å². The standard InChI is InChI=1S/C41H31FN4/c42-40-27-16-28-41(43-40)46(36-25-14-5-15-26-36)39-30-37(44(32-17-6-1-7-18-32)33-19-8-2-9-20-33)29-38(31-39)45(34-21-10-3-11-22-34)35-23-12-4-13-24-35/h1-31H. The van der Waals surface area contributed by atoms with Crippen molar-refractivity contribution in [1.29, 1.82) is 0 Å². The van der Waals surface area contributed by atoms with Crippen LogP contribution >= 0.6 is 0 Å². The van der Waals surface area contributed by atoms with Crippen molar-refractivity contribution >= 4 is 51.3 Å². The Labute approximate surface area is 268 Å². The molecule has 5 heteroatoms. The Bertz CT molecular complexity index is 1820. The van der Waals surface area contributed by atoms with E-state index in [-0.39, 0.29) is 0 Å². The van der Waals surface area contributed by atoms with Gasteiger partial charge >= 0.3 is 0 Å². The first-order valence-corrected chi connectivity index (χ1v) is 15.2. The fourth-order valence-electron chi connectivity index (χ4n) is 5.68. The smallest absolute Gasteiger partial charge is 0.214 e. The van der Waals surface area contributed by atoms with E-state index in [2.05, 4.69) is 81.5 Å². The van der Waals surface area contributed by atoms with Gasteiger partial charge in [-0.1, -0.05) is 97.1 Å². The van der Waals surface area contributed by atoms with Gasteiger partial charge in [-0.05, 0) is 91.0 Å². The van der Waals surface area contributed by atoms with Crippen LogP contribution in [0.1, 0.15) is 0 Å². The molecule has 0 radical (unpaired) electrons. The molecule has 1 aromatic heterocycles. The molecule has 0 aliphatic rings. The molecule has 46 heavy (non-hydrogen) atoms. The molecular weight excluding hydrogens is 567 g/mol. The van der Waals surface area contributed by atoms with Crippen LogP contribution in [0.4, 0.5) is 55.7 Å². The highest BCUT2D eigenvalue weighted by Crippen LogP contribution is 2.45. The van der Waals surface area contributed by atoms with Gasteiger partial charge in [0.2, 0.25) is 5.95 Å². The van der Waals surface area contributed by atoms with Crippen LogP contribution in [0.2, 0.25) is 0 Å². The van der Waals surface area contributed by atoms with Crippen molar-refractivity contribution in [3.8, 4) is 0 Å². The maximum atomic E-state index is 14.7. The molecule has 0 unspecified atom stereocenters. The monoisotopic (exact) mass is 598 g/mol. The van der Waals surface area contributed by atoms with E-state index in [1.54, 1.807) is 6.07 Å². The molecule has 7 aromatic rings. The van der Waals surface area contributed by atoms with E-state index in [9.17, 15) is 4.39 Å². The summed E-state index contributed by atoms with van der Waals surface area (Å²) in [6.07, 6.45) is 0. The highest BCUT2D eigenvalue weighted by atomic mass is 19.1. The number of pyridine rings is 1. The molecule has 0 aliphatic heterocycles. The third-order valence-electron chi connectivity index (χ3n) is 7.66. The summed E-state index contributed by atoms with van der Waals surface area (Å²) in [4.78, 5) is 10.8. The largest absolute Gasteiger partial charge is 0.310 e. The highest BCUT2D eigenvalue weighted by molar-refractivity contribution is 5.88. The van der Waals surface area contributed by atoms with E-state index in [0.717, 1.165) is 45.5 Å². The number of para-hydroxylation sites is 5. The number of nitrogens with zero attached hydrogens (tertiary/aromatic N) is 4. The quantitative estimate of drug-likeness (QED) is 0.154. The first-order valence-electron chi connectivity index (χ1n) is 15.2. The average molecular weight is 599 g/mol. The van der Waals surface area contributed by atoms with E-state index in [4.69, 9.17) is 0 Å². The van der Waals surface area contributed by atoms with E-state index in [0.29, 0.717) is 5.82 Å². The molecule has 0 bridgehead atoms. The van der Waals surface area contributed by atoms with E-state index < -0.39 is 5.95 Å². The van der Waals surface area contributed by atoms with Crippen LogP contribution in [-0.4, -0.2) is 4.98 Å². The predicted molar refractivity (Wildman–Crippen MR) is 188 cm³/mol. The molecule has 0 atom stereocenters. The lowest BCUT2D eigenvalue weighted by Crippen LogP contribution is -2.17. The third kappa shape index (κ3) is 6.07. The molecule has 0 fully saturated rings. The third-order valence-corrected chi connectivity index (χ3v) is 7.66. The second-order valence-electron chi connectivity index (χ2n) is 10.7. The molecule has 7 rings (SSSR count). The van der Waals surface area contributed by atoms with Crippen LogP contribution in [-0.2, 0) is 0 Å². The molecule has 0 saturated heterocycles. The van der Waals surface area contributed by atoms with Crippen molar-refractivity contribution in [3.63, 3.8) is 0 Å². The Morgan fingerprint density at radius 3 is 0.935 bits per heavy atom. The Balaban J connectivity index is 1.53. The van der Waals surface area contributed by atoms with Crippen molar-refractivity contribution < 1.29 is 4.39 Å². The summed E-state index contributed by atoms with van der Waals surface area (Å²) < 4.78 is 14.7. The van der Waals surface area contributed by atoms with E-state index in [1.165, 1.54) is 6.07 Å². The number of benzene rings is 6. The van der Waals surface area contributed by atoms with Crippen LogP contribution in [0.25, 0.3) is 0 Å². The number of hydrogen-bond acceptors (Lipinski definition) is 4. The molecule has 1 heterocycles. The zero-order valence-corrected chi connectivity index (χ0v) is 25.1. The first-order chi connectivity index (χ1) is 22.7. The van der Waals surface area contributed by atoms with Gasteiger partial charge in [-0.2, -0.15) is 4.39 Å². The fraction of sp³-hybridized carbons (Fsp3) is 0. The lowest BCUT2D eigenvalue weighted by Gasteiger charge is -2.32. The molecule has 0 saturated carbocycles. The van der Waals surface area contributed by atoms with Crippen LogP contribution in [0.3, 0.4) is 0 Å². The molecule has 0 aliphatic carbocycles. The number of rotatable bonds is 9. The summed E-state index contributed by atoms with van der Waals surface area (Å²) in [6.45, 7) is 0. The predicted octanol–water partition coefficient (Wildman–Crippen LogP) is 11.6. The summed E-state index contributed by atoms with van der Waals surface area (Å²) in [5.41, 5.74) is 7.59. The Kier molecular flexibility index (Phi) is 8.20. The van der Waals surface area contributed by atoms with Crippen molar-refractivity contribution in [2.75, 3.05) is 14.7 Å². The highest BCUT2D eigenvalue weighted by Gasteiger charge is 2.22. The summed E-state index contributed by atoms with van der Waals surface area (Å²) in [5.74, 6) is -0.0635. The topological polar surface area (TPSA) is 22.6 Å². The summed E-state index contributed by atoms with van der Waals surface area (Å²) in [5, 5.41) is 0. The molecule has 6 aromatic carbocycles. The van der Waals surface area contributed by atoms with Gasteiger partial charge in [-0.3, -0.25) is 4.90 Å². The second-order valence-corrected chi connectivity index (χ2v) is 10.7. The van der Waals surface area contributed by atoms with Crippen LogP contribution in [0, 0.1) is 5.95 Å². The molecule has 222 valence electrons. The van der Waals surface area contributed by atoms with E-state index in [1.807, 2.05) is 114 Å². The molecule has 0 N–H and O–H groups in total. The molecular formula is C41H31FN4. The van der Waals surface area contributed by atoms with Gasteiger partial charge in [0.05, 0.1) is 17.1 Å². The summed E-state index contributed by atoms with van der Waals surface area (Å²) in [6, 6.07) is 62.6. The zero-order valence-electron chi connectivity index (χ0n) is 25.1. The van der Waals surface area contributed by atoms with Crippen molar-refractivity contribution in [3.05, 3.63) is 194 Å². The minimum Gasteiger partial charge on any atom is -0.310 e. The number of halogens is 1. The minimum atomic E-state index is -0.541. The molecule has 4 nitrogen and oxygen atoms in total. The average Bonchev–Trinajstić information content (AvgIpc) is 3.11. The lowest BCUT2D eigenvalue weighted by atomic mass is 10.1. The SMILES string of the molecule is Fc1cccc(N(c2ccccc2)c2cc(N(c3ccccc3)c3ccccc3)cc(N(c3ccccc3)c3ccccc3)c2)n1.